The van der Waals surface area contributed by atoms with Crippen molar-refractivity contribution in [1.29, 1.82) is 0 Å². The van der Waals surface area contributed by atoms with Gasteiger partial charge in [-0.05, 0) is 55.6 Å². The maximum Gasteiger partial charge on any atom is 0.328 e. The van der Waals surface area contributed by atoms with E-state index in [9.17, 15) is 19.2 Å². The van der Waals surface area contributed by atoms with E-state index in [1.165, 1.54) is 0 Å². The second-order valence-corrected chi connectivity index (χ2v) is 8.94. The van der Waals surface area contributed by atoms with Crippen molar-refractivity contribution in [2.45, 2.75) is 19.4 Å². The van der Waals surface area contributed by atoms with Crippen LogP contribution in [0.25, 0.3) is 0 Å². The molecule has 2 aromatic carbocycles. The molecule has 9 heteroatoms. The Kier molecular flexibility index (Phi) is 9.17. The van der Waals surface area contributed by atoms with Crippen molar-refractivity contribution in [2.24, 2.45) is 5.92 Å². The molecule has 184 valence electrons. The maximum atomic E-state index is 12.5. The fraction of sp³-hybridized carbons (Fsp3) is 0.308. The van der Waals surface area contributed by atoms with Crippen LogP contribution in [0.3, 0.4) is 0 Å². The Morgan fingerprint density at radius 2 is 1.63 bits per heavy atom. The number of nitrogens with zero attached hydrogens (tertiary/aromatic N) is 2. The number of rotatable bonds is 7. The Labute approximate surface area is 208 Å². The number of carboxylic acids is 2. The number of amides is 1. The van der Waals surface area contributed by atoms with Gasteiger partial charge in [0.1, 0.15) is 0 Å². The van der Waals surface area contributed by atoms with Gasteiger partial charge in [0.15, 0.2) is 5.78 Å². The lowest BCUT2D eigenvalue weighted by atomic mass is 9.95. The Morgan fingerprint density at radius 3 is 2.23 bits per heavy atom. The molecule has 2 aromatic rings. The highest BCUT2D eigenvalue weighted by molar-refractivity contribution is 6.31. The van der Waals surface area contributed by atoms with Crippen molar-refractivity contribution in [2.75, 3.05) is 26.2 Å². The van der Waals surface area contributed by atoms with Crippen molar-refractivity contribution in [1.82, 2.24) is 9.80 Å². The van der Waals surface area contributed by atoms with Gasteiger partial charge >= 0.3 is 11.9 Å². The third-order valence-corrected chi connectivity index (χ3v) is 6.20. The van der Waals surface area contributed by atoms with Crippen molar-refractivity contribution in [3.63, 3.8) is 0 Å². The van der Waals surface area contributed by atoms with Crippen molar-refractivity contribution in [3.8, 4) is 0 Å². The van der Waals surface area contributed by atoms with Crippen LogP contribution in [-0.4, -0.2) is 69.8 Å². The molecule has 0 unspecified atom stereocenters. The molecular formula is C26H27ClN2O6. The number of Topliss-reactive ketones (excluding diaryl/α,β-unsaturated/α-hetero) is 1. The molecule has 1 saturated heterocycles. The smallest absolute Gasteiger partial charge is 0.328 e. The topological polar surface area (TPSA) is 115 Å². The summed E-state index contributed by atoms with van der Waals surface area (Å²) >= 11 is 5.98. The molecule has 0 atom stereocenters. The summed E-state index contributed by atoms with van der Waals surface area (Å²) in [6.45, 7) is 3.76. The summed E-state index contributed by atoms with van der Waals surface area (Å²) in [6, 6.07) is 15.0. The van der Waals surface area contributed by atoms with Gasteiger partial charge in [0.25, 0.3) is 5.91 Å². The summed E-state index contributed by atoms with van der Waals surface area (Å²) in [6.07, 6.45) is 3.15. The minimum atomic E-state index is -1.26. The highest BCUT2D eigenvalue weighted by atomic mass is 35.5. The lowest BCUT2D eigenvalue weighted by molar-refractivity contribution is -0.134. The number of ketones is 1. The normalized spacial score (nSPS) is 16.0. The molecule has 0 spiro atoms. The van der Waals surface area contributed by atoms with E-state index in [0.717, 1.165) is 50.1 Å². The first kappa shape index (κ1) is 26.1. The van der Waals surface area contributed by atoms with Gasteiger partial charge in [-0.1, -0.05) is 41.9 Å². The van der Waals surface area contributed by atoms with Crippen LogP contribution >= 0.6 is 11.6 Å². The van der Waals surface area contributed by atoms with Crippen molar-refractivity contribution < 1.29 is 29.4 Å². The predicted molar refractivity (Wildman–Crippen MR) is 131 cm³/mol. The molecule has 0 bridgehead atoms. The Hall–Kier alpha value is -3.49. The molecule has 0 aliphatic carbocycles. The quantitative estimate of drug-likeness (QED) is 0.442. The number of likely N-dealkylation sites (tertiary alicyclic amines) is 1. The second kappa shape index (κ2) is 12.3. The van der Waals surface area contributed by atoms with Crippen molar-refractivity contribution in [3.05, 3.63) is 82.4 Å². The van der Waals surface area contributed by atoms with Crippen LogP contribution in [0.2, 0.25) is 5.02 Å². The second-order valence-electron chi connectivity index (χ2n) is 8.51. The summed E-state index contributed by atoms with van der Waals surface area (Å²) in [5.74, 6) is -1.74. The van der Waals surface area contributed by atoms with Gasteiger partial charge in [-0.2, -0.15) is 0 Å². The lowest BCUT2D eigenvalue weighted by Gasteiger charge is -2.33. The highest BCUT2D eigenvalue weighted by Gasteiger charge is 2.30. The summed E-state index contributed by atoms with van der Waals surface area (Å²) < 4.78 is 0. The first-order chi connectivity index (χ1) is 16.7. The molecule has 1 fully saturated rings. The average molecular weight is 499 g/mol. The Morgan fingerprint density at radius 1 is 0.971 bits per heavy atom. The van der Waals surface area contributed by atoms with Gasteiger partial charge < -0.3 is 15.1 Å². The van der Waals surface area contributed by atoms with Crippen LogP contribution in [0.4, 0.5) is 0 Å². The zero-order valence-corrected chi connectivity index (χ0v) is 19.9. The maximum absolute atomic E-state index is 12.5. The van der Waals surface area contributed by atoms with Crippen LogP contribution in [0, 0.1) is 5.92 Å². The number of carbonyl (C=O) groups excluding carboxylic acids is 2. The molecule has 35 heavy (non-hydrogen) atoms. The molecule has 4 rings (SSSR count). The SMILES string of the molecule is O=C(CN1CCC(CN2Cc3ccccc3C2=O)CC1)c1cccc(Cl)c1.O=C(O)C=CC(=O)O. The van der Waals surface area contributed by atoms with Gasteiger partial charge in [-0.25, -0.2) is 9.59 Å². The first-order valence-electron chi connectivity index (χ1n) is 11.2. The molecule has 0 aromatic heterocycles. The average Bonchev–Trinajstić information content (AvgIpc) is 3.14. The van der Waals surface area contributed by atoms with E-state index in [1.54, 1.807) is 12.1 Å². The zero-order chi connectivity index (χ0) is 25.4. The van der Waals surface area contributed by atoms with Gasteiger partial charge in [0.2, 0.25) is 0 Å². The third-order valence-electron chi connectivity index (χ3n) is 5.96. The van der Waals surface area contributed by atoms with Crippen LogP contribution in [0.5, 0.6) is 0 Å². The fourth-order valence-electron chi connectivity index (χ4n) is 4.20. The first-order valence-corrected chi connectivity index (χ1v) is 11.6. The van der Waals surface area contributed by atoms with Crippen molar-refractivity contribution >= 4 is 35.2 Å². The standard InChI is InChI=1S/C22H23ClN2O2.C4H4O4/c23-19-6-3-5-17(12-19)21(26)15-24-10-8-16(9-11-24)13-25-14-18-4-1-2-7-20(18)22(25)27;5-3(6)1-2-4(7)8/h1-7,12,16H,8-11,13-15H2;1-2H,(H,5,6)(H,7,8). The highest BCUT2D eigenvalue weighted by Crippen LogP contribution is 2.26. The number of halogens is 1. The number of fused-ring (bicyclic) bond motifs is 1. The number of carboxylic acid groups (broad SMARTS) is 2. The number of carbonyl (C=O) groups is 4. The van der Waals surface area contributed by atoms with E-state index < -0.39 is 11.9 Å². The van der Waals surface area contributed by atoms with Crippen LogP contribution in [-0.2, 0) is 16.1 Å². The molecule has 0 radical (unpaired) electrons. The molecular weight excluding hydrogens is 472 g/mol. The molecule has 2 aliphatic rings. The molecule has 8 nitrogen and oxygen atoms in total. The lowest BCUT2D eigenvalue weighted by Crippen LogP contribution is -2.40. The minimum Gasteiger partial charge on any atom is -0.478 e. The van der Waals surface area contributed by atoms with E-state index in [1.807, 2.05) is 41.3 Å². The summed E-state index contributed by atoms with van der Waals surface area (Å²) in [5, 5.41) is 16.2. The van der Waals surface area contributed by atoms with Gasteiger partial charge in [-0.15, -0.1) is 0 Å². The number of hydrogen-bond donors (Lipinski definition) is 2. The summed E-state index contributed by atoms with van der Waals surface area (Å²) in [4.78, 5) is 48.3. The van der Waals surface area contributed by atoms with Gasteiger partial charge in [0, 0.05) is 41.4 Å². The predicted octanol–water partition coefficient (Wildman–Crippen LogP) is 3.60. The zero-order valence-electron chi connectivity index (χ0n) is 19.1. The monoisotopic (exact) mass is 498 g/mol. The molecule has 2 N–H and O–H groups in total. The largest absolute Gasteiger partial charge is 0.478 e. The van der Waals surface area contributed by atoms with E-state index >= 15 is 0 Å². The van der Waals surface area contributed by atoms with Crippen LogP contribution in [0.1, 0.15) is 39.1 Å². The summed E-state index contributed by atoms with van der Waals surface area (Å²) in [5.41, 5.74) is 2.65. The number of benzene rings is 2. The number of hydrogen-bond acceptors (Lipinski definition) is 5. The fourth-order valence-corrected chi connectivity index (χ4v) is 4.39. The molecule has 2 heterocycles. The molecule has 1 amide bonds. The minimum absolute atomic E-state index is 0.112. The van der Waals surface area contributed by atoms with Crippen LogP contribution < -0.4 is 0 Å². The summed E-state index contributed by atoms with van der Waals surface area (Å²) in [7, 11) is 0. The van der Waals surface area contributed by atoms with E-state index in [4.69, 9.17) is 21.8 Å². The number of piperidine rings is 1. The van der Waals surface area contributed by atoms with E-state index in [-0.39, 0.29) is 11.7 Å². The Bertz CT molecular complexity index is 1110. The van der Waals surface area contributed by atoms with Gasteiger partial charge in [0.05, 0.1) is 6.54 Å². The molecule has 2 aliphatic heterocycles. The van der Waals surface area contributed by atoms with E-state index in [2.05, 4.69) is 4.90 Å². The third kappa shape index (κ3) is 7.77. The Balaban J connectivity index is 0.000000371. The molecule has 0 saturated carbocycles. The van der Waals surface area contributed by atoms with Gasteiger partial charge in [-0.3, -0.25) is 14.5 Å². The number of aliphatic carboxylic acids is 2. The van der Waals surface area contributed by atoms with Crippen LogP contribution in [0.15, 0.2) is 60.7 Å². The van der Waals surface area contributed by atoms with E-state index in [0.29, 0.717) is 35.2 Å².